The van der Waals surface area contributed by atoms with Gasteiger partial charge in [-0.2, -0.15) is 0 Å². The second-order valence-corrected chi connectivity index (χ2v) is 8.73. The molecule has 2 aromatic heterocycles. The summed E-state index contributed by atoms with van der Waals surface area (Å²) in [6, 6.07) is 15.6. The normalized spacial score (nSPS) is 11.6. The number of anilines is 3. The van der Waals surface area contributed by atoms with Crippen molar-refractivity contribution in [3.8, 4) is 11.3 Å². The predicted octanol–water partition coefficient (Wildman–Crippen LogP) is 5.22. The molecule has 0 saturated carbocycles. The highest BCUT2D eigenvalue weighted by Crippen LogP contribution is 2.25. The number of halogens is 1. The van der Waals surface area contributed by atoms with Crippen molar-refractivity contribution in [2.45, 2.75) is 12.7 Å². The largest absolute Gasteiger partial charge is 0.324 e. The molecule has 0 radical (unpaired) electrons. The van der Waals surface area contributed by atoms with Crippen molar-refractivity contribution in [3.63, 3.8) is 0 Å². The zero-order valence-electron chi connectivity index (χ0n) is 18.0. The Bertz CT molecular complexity index is 1370. The van der Waals surface area contributed by atoms with Crippen molar-refractivity contribution in [1.82, 2.24) is 15.0 Å². The molecule has 1 unspecified atom stereocenters. The van der Waals surface area contributed by atoms with Gasteiger partial charge in [-0.1, -0.05) is 17.7 Å². The molecular weight excluding hydrogens is 474 g/mol. The maximum atomic E-state index is 12.8. The SMILES string of the molecule is Cc1ccc(NC(=O)c2ccc(Cl)c(CS(=O)O)c2)cc1Nc1nccc(-c2cccnc2)n1. The van der Waals surface area contributed by atoms with E-state index in [0.29, 0.717) is 27.8 Å². The molecule has 34 heavy (non-hydrogen) atoms. The van der Waals surface area contributed by atoms with Gasteiger partial charge in [0.1, 0.15) is 0 Å². The lowest BCUT2D eigenvalue weighted by Crippen LogP contribution is -2.13. The van der Waals surface area contributed by atoms with Crippen LogP contribution in [0.5, 0.6) is 0 Å². The van der Waals surface area contributed by atoms with Crippen LogP contribution in [0, 0.1) is 6.92 Å². The molecule has 8 nitrogen and oxygen atoms in total. The van der Waals surface area contributed by atoms with Crippen molar-refractivity contribution in [3.05, 3.63) is 94.9 Å². The first-order chi connectivity index (χ1) is 16.4. The van der Waals surface area contributed by atoms with Gasteiger partial charge >= 0.3 is 0 Å². The standard InChI is InChI=1S/C24H20ClN5O3S/c1-15-4-6-19(28-23(31)16-5-7-20(25)18(11-16)14-34(32)33)12-22(15)30-24-27-10-8-21(29-24)17-3-2-9-26-13-17/h2-13H,14H2,1H3,(H,28,31)(H,32,33)(H,27,29,30). The molecule has 1 amide bonds. The number of benzene rings is 2. The van der Waals surface area contributed by atoms with E-state index in [1.165, 1.54) is 12.1 Å². The van der Waals surface area contributed by atoms with Crippen LogP contribution in [-0.2, 0) is 16.8 Å². The first-order valence-electron chi connectivity index (χ1n) is 10.2. The first-order valence-corrected chi connectivity index (χ1v) is 11.8. The van der Waals surface area contributed by atoms with Crippen LogP contribution in [-0.4, -0.2) is 29.6 Å². The van der Waals surface area contributed by atoms with Crippen LogP contribution in [0.15, 0.2) is 73.2 Å². The van der Waals surface area contributed by atoms with Gasteiger partial charge in [-0.05, 0) is 66.6 Å². The molecule has 2 heterocycles. The lowest BCUT2D eigenvalue weighted by Gasteiger charge is -2.12. The molecule has 3 N–H and O–H groups in total. The summed E-state index contributed by atoms with van der Waals surface area (Å²) in [5.74, 6) is -0.116. The van der Waals surface area contributed by atoms with Gasteiger partial charge in [0.2, 0.25) is 5.95 Å². The average molecular weight is 494 g/mol. The fraction of sp³-hybridized carbons (Fsp3) is 0.0833. The van der Waals surface area contributed by atoms with Crippen LogP contribution >= 0.6 is 11.6 Å². The Morgan fingerprint density at radius 1 is 1.12 bits per heavy atom. The summed E-state index contributed by atoms with van der Waals surface area (Å²) in [5.41, 5.74) is 4.58. The van der Waals surface area contributed by atoms with Gasteiger partial charge < -0.3 is 15.2 Å². The van der Waals surface area contributed by atoms with Gasteiger partial charge in [-0.3, -0.25) is 9.78 Å². The molecule has 4 aromatic rings. The number of carbonyl (C=O) groups excluding carboxylic acids is 1. The fourth-order valence-corrected chi connectivity index (χ4v) is 3.98. The van der Waals surface area contributed by atoms with Gasteiger partial charge in [-0.15, -0.1) is 0 Å². The molecule has 0 aliphatic rings. The lowest BCUT2D eigenvalue weighted by molar-refractivity contribution is 0.102. The number of amides is 1. The molecule has 0 bridgehead atoms. The summed E-state index contributed by atoms with van der Waals surface area (Å²) in [5, 5.41) is 6.37. The molecule has 1 atom stereocenters. The molecule has 0 spiro atoms. The maximum absolute atomic E-state index is 12.8. The lowest BCUT2D eigenvalue weighted by atomic mass is 10.1. The Morgan fingerprint density at radius 2 is 1.97 bits per heavy atom. The molecule has 0 saturated heterocycles. The number of hydrogen-bond acceptors (Lipinski definition) is 6. The van der Waals surface area contributed by atoms with E-state index >= 15 is 0 Å². The summed E-state index contributed by atoms with van der Waals surface area (Å²) < 4.78 is 20.3. The highest BCUT2D eigenvalue weighted by atomic mass is 35.5. The van der Waals surface area contributed by atoms with Crippen molar-refractivity contribution >= 4 is 45.9 Å². The number of carbonyl (C=O) groups is 1. The monoisotopic (exact) mass is 493 g/mol. The van der Waals surface area contributed by atoms with Crippen molar-refractivity contribution in [2.24, 2.45) is 0 Å². The van der Waals surface area contributed by atoms with E-state index in [2.05, 4.69) is 25.6 Å². The van der Waals surface area contributed by atoms with Crippen LogP contribution in [0.1, 0.15) is 21.5 Å². The number of rotatable bonds is 7. The Kier molecular flexibility index (Phi) is 7.27. The molecule has 0 aliphatic carbocycles. The molecule has 172 valence electrons. The molecular formula is C24H20ClN5O3S. The zero-order chi connectivity index (χ0) is 24.1. The number of nitrogens with one attached hydrogen (secondary N) is 2. The minimum Gasteiger partial charge on any atom is -0.324 e. The van der Waals surface area contributed by atoms with E-state index in [1.54, 1.807) is 42.9 Å². The fourth-order valence-electron chi connectivity index (χ4n) is 3.21. The summed E-state index contributed by atoms with van der Waals surface area (Å²) >= 11 is 4.00. The number of nitrogens with zero attached hydrogens (tertiary/aromatic N) is 3. The average Bonchev–Trinajstić information content (AvgIpc) is 2.83. The summed E-state index contributed by atoms with van der Waals surface area (Å²) in [7, 11) is 0. The Labute approximate surface area is 203 Å². The van der Waals surface area contributed by atoms with Gasteiger partial charge in [0, 0.05) is 46.1 Å². The van der Waals surface area contributed by atoms with E-state index in [4.69, 9.17) is 16.2 Å². The zero-order valence-corrected chi connectivity index (χ0v) is 19.6. The number of pyridine rings is 1. The van der Waals surface area contributed by atoms with Gasteiger partial charge in [0.25, 0.3) is 5.91 Å². The van der Waals surface area contributed by atoms with Gasteiger partial charge in [-0.25, -0.2) is 14.2 Å². The Morgan fingerprint density at radius 3 is 2.74 bits per heavy atom. The van der Waals surface area contributed by atoms with E-state index in [1.807, 2.05) is 25.1 Å². The third-order valence-corrected chi connectivity index (χ3v) is 5.87. The third kappa shape index (κ3) is 5.82. The molecule has 2 aromatic carbocycles. The molecule has 10 heteroatoms. The summed E-state index contributed by atoms with van der Waals surface area (Å²) in [6.07, 6.45) is 5.09. The van der Waals surface area contributed by atoms with Gasteiger partial charge in [0.05, 0.1) is 11.4 Å². The minimum atomic E-state index is -2.07. The molecule has 4 rings (SSSR count). The number of aryl methyl sites for hydroxylation is 1. The first kappa shape index (κ1) is 23.5. The Hall–Kier alpha value is -3.66. The second-order valence-electron chi connectivity index (χ2n) is 7.39. The van der Waals surface area contributed by atoms with E-state index in [9.17, 15) is 9.00 Å². The van der Waals surface area contributed by atoms with E-state index < -0.39 is 11.1 Å². The summed E-state index contributed by atoms with van der Waals surface area (Å²) in [4.78, 5) is 25.7. The smallest absolute Gasteiger partial charge is 0.255 e. The molecule has 0 fully saturated rings. The van der Waals surface area contributed by atoms with Crippen LogP contribution in [0.25, 0.3) is 11.3 Å². The van der Waals surface area contributed by atoms with Gasteiger partial charge in [0.15, 0.2) is 11.1 Å². The summed E-state index contributed by atoms with van der Waals surface area (Å²) in [6.45, 7) is 1.93. The quantitative estimate of drug-likeness (QED) is 0.302. The van der Waals surface area contributed by atoms with Crippen molar-refractivity contribution < 1.29 is 13.6 Å². The van der Waals surface area contributed by atoms with Crippen molar-refractivity contribution in [2.75, 3.05) is 10.6 Å². The van der Waals surface area contributed by atoms with Crippen LogP contribution in [0.3, 0.4) is 0 Å². The highest BCUT2D eigenvalue weighted by Gasteiger charge is 2.12. The molecule has 0 aliphatic heterocycles. The topological polar surface area (TPSA) is 117 Å². The predicted molar refractivity (Wildman–Crippen MR) is 134 cm³/mol. The maximum Gasteiger partial charge on any atom is 0.255 e. The third-order valence-electron chi connectivity index (χ3n) is 4.94. The van der Waals surface area contributed by atoms with Crippen molar-refractivity contribution in [1.29, 1.82) is 0 Å². The van der Waals surface area contributed by atoms with E-state index in [-0.39, 0.29) is 11.7 Å². The highest BCUT2D eigenvalue weighted by molar-refractivity contribution is 7.78. The Balaban J connectivity index is 1.53. The minimum absolute atomic E-state index is 0.156. The van der Waals surface area contributed by atoms with Crippen LogP contribution in [0.2, 0.25) is 5.02 Å². The van der Waals surface area contributed by atoms with Crippen LogP contribution in [0.4, 0.5) is 17.3 Å². The van der Waals surface area contributed by atoms with Crippen LogP contribution < -0.4 is 10.6 Å². The second kappa shape index (κ2) is 10.5. The number of hydrogen-bond donors (Lipinski definition) is 3. The number of aromatic nitrogens is 3. The van der Waals surface area contributed by atoms with E-state index in [0.717, 1.165) is 22.5 Å².